The van der Waals surface area contributed by atoms with E-state index in [1.165, 1.54) is 30.4 Å². The molecule has 86 valence electrons. The van der Waals surface area contributed by atoms with E-state index in [1.807, 2.05) is 0 Å². The minimum Gasteiger partial charge on any atom is -0.306 e. The Morgan fingerprint density at radius 2 is 2.12 bits per heavy atom. The Balaban J connectivity index is 2.19. The van der Waals surface area contributed by atoms with Gasteiger partial charge in [-0.15, -0.1) is 0 Å². The monoisotopic (exact) mass is 279 g/mol. The second-order valence-electron chi connectivity index (χ2n) is 4.64. The molecule has 0 amide bonds. The van der Waals surface area contributed by atoms with E-state index in [-0.39, 0.29) is 0 Å². The molecule has 1 aromatic rings. The molecule has 1 atom stereocenters. The van der Waals surface area contributed by atoms with Gasteiger partial charge < -0.3 is 4.90 Å². The minimum absolute atomic E-state index is 0.694. The standard InChI is InChI=1S/C14H18BrN/c1-16(2)14-8-4-6-12(10-14)11-5-3-7-13(15)9-11/h3,5-7,9,14H,4,8,10H2,1-2H3/t14-/m1/s1. The molecule has 1 aromatic carbocycles. The highest BCUT2D eigenvalue weighted by atomic mass is 79.9. The number of allylic oxidation sites excluding steroid dienone is 1. The lowest BCUT2D eigenvalue weighted by Gasteiger charge is -2.28. The maximum absolute atomic E-state index is 3.54. The summed E-state index contributed by atoms with van der Waals surface area (Å²) in [7, 11) is 4.35. The Morgan fingerprint density at radius 1 is 1.31 bits per heavy atom. The zero-order valence-corrected chi connectivity index (χ0v) is 11.5. The molecule has 0 saturated heterocycles. The third kappa shape index (κ3) is 2.74. The fourth-order valence-corrected chi connectivity index (χ4v) is 2.65. The number of rotatable bonds is 2. The van der Waals surface area contributed by atoms with Crippen LogP contribution >= 0.6 is 15.9 Å². The first-order chi connectivity index (χ1) is 7.66. The molecule has 0 bridgehead atoms. The lowest BCUT2D eigenvalue weighted by molar-refractivity contribution is 0.279. The molecule has 1 aliphatic rings. The second-order valence-corrected chi connectivity index (χ2v) is 5.55. The highest BCUT2D eigenvalue weighted by Gasteiger charge is 2.17. The van der Waals surface area contributed by atoms with E-state index >= 15 is 0 Å². The zero-order valence-electron chi connectivity index (χ0n) is 9.91. The zero-order chi connectivity index (χ0) is 11.5. The van der Waals surface area contributed by atoms with Gasteiger partial charge in [0.25, 0.3) is 0 Å². The summed E-state index contributed by atoms with van der Waals surface area (Å²) in [5.41, 5.74) is 2.85. The largest absolute Gasteiger partial charge is 0.306 e. The van der Waals surface area contributed by atoms with Crippen LogP contribution in [-0.2, 0) is 0 Å². The van der Waals surface area contributed by atoms with Crippen molar-refractivity contribution in [3.05, 3.63) is 40.4 Å². The molecule has 0 aliphatic heterocycles. The van der Waals surface area contributed by atoms with Gasteiger partial charge in [0.05, 0.1) is 0 Å². The van der Waals surface area contributed by atoms with Crippen molar-refractivity contribution in [2.45, 2.75) is 25.3 Å². The summed E-state index contributed by atoms with van der Waals surface area (Å²) in [5, 5.41) is 0. The first-order valence-corrected chi connectivity index (χ1v) is 6.57. The molecule has 1 nitrogen and oxygen atoms in total. The molecule has 2 heteroatoms. The van der Waals surface area contributed by atoms with Crippen LogP contribution in [-0.4, -0.2) is 25.0 Å². The van der Waals surface area contributed by atoms with Gasteiger partial charge in [0, 0.05) is 10.5 Å². The van der Waals surface area contributed by atoms with Gasteiger partial charge in [0.2, 0.25) is 0 Å². The lowest BCUT2D eigenvalue weighted by Crippen LogP contribution is -2.29. The molecule has 0 unspecified atom stereocenters. The van der Waals surface area contributed by atoms with Gasteiger partial charge >= 0.3 is 0 Å². The van der Waals surface area contributed by atoms with Gasteiger partial charge in [-0.3, -0.25) is 0 Å². The van der Waals surface area contributed by atoms with Crippen molar-refractivity contribution in [1.29, 1.82) is 0 Å². The van der Waals surface area contributed by atoms with Gasteiger partial charge in [0.15, 0.2) is 0 Å². The number of benzene rings is 1. The first-order valence-electron chi connectivity index (χ1n) is 5.78. The van der Waals surface area contributed by atoms with Crippen molar-refractivity contribution in [3.63, 3.8) is 0 Å². The third-order valence-corrected chi connectivity index (χ3v) is 3.77. The number of hydrogen-bond acceptors (Lipinski definition) is 1. The van der Waals surface area contributed by atoms with Gasteiger partial charge in [0.1, 0.15) is 0 Å². The molecule has 0 saturated carbocycles. The van der Waals surface area contributed by atoms with Crippen LogP contribution in [0.3, 0.4) is 0 Å². The lowest BCUT2D eigenvalue weighted by atomic mass is 9.90. The van der Waals surface area contributed by atoms with Crippen LogP contribution in [0.1, 0.15) is 24.8 Å². The van der Waals surface area contributed by atoms with Gasteiger partial charge in [-0.25, -0.2) is 0 Å². The van der Waals surface area contributed by atoms with Crippen LogP contribution in [0.15, 0.2) is 34.8 Å². The molecule has 1 aliphatic carbocycles. The Labute approximate surface area is 106 Å². The van der Waals surface area contributed by atoms with Crippen molar-refractivity contribution in [1.82, 2.24) is 4.90 Å². The molecule has 0 radical (unpaired) electrons. The smallest absolute Gasteiger partial charge is 0.0181 e. The number of halogens is 1. The minimum atomic E-state index is 0.694. The van der Waals surface area contributed by atoms with Crippen molar-refractivity contribution < 1.29 is 0 Å². The van der Waals surface area contributed by atoms with E-state index in [0.717, 1.165) is 4.47 Å². The molecular weight excluding hydrogens is 262 g/mol. The summed E-state index contributed by atoms with van der Waals surface area (Å²) < 4.78 is 1.16. The predicted octanol–water partition coefficient (Wildman–Crippen LogP) is 3.95. The van der Waals surface area contributed by atoms with Crippen molar-refractivity contribution >= 4 is 21.5 Å². The van der Waals surface area contributed by atoms with E-state index in [0.29, 0.717) is 6.04 Å². The Hall–Kier alpha value is -0.600. The maximum atomic E-state index is 3.54. The molecule has 0 N–H and O–H groups in total. The van der Waals surface area contributed by atoms with E-state index in [1.54, 1.807) is 0 Å². The number of hydrogen-bond donors (Lipinski definition) is 0. The fraction of sp³-hybridized carbons (Fsp3) is 0.429. The molecule has 2 rings (SSSR count). The summed E-state index contributed by atoms with van der Waals surface area (Å²) in [6.07, 6.45) is 6.04. The summed E-state index contributed by atoms with van der Waals surface area (Å²) in [4.78, 5) is 2.34. The van der Waals surface area contributed by atoms with Gasteiger partial charge in [-0.2, -0.15) is 0 Å². The van der Waals surface area contributed by atoms with Gasteiger partial charge in [-0.05, 0) is 56.6 Å². The third-order valence-electron chi connectivity index (χ3n) is 3.27. The van der Waals surface area contributed by atoms with Crippen molar-refractivity contribution in [2.75, 3.05) is 14.1 Å². The average molecular weight is 280 g/mol. The molecule has 0 aromatic heterocycles. The fourth-order valence-electron chi connectivity index (χ4n) is 2.25. The molecule has 0 heterocycles. The second kappa shape index (κ2) is 5.15. The maximum Gasteiger partial charge on any atom is 0.0181 e. The van der Waals surface area contributed by atoms with Crippen LogP contribution in [0.4, 0.5) is 0 Å². The van der Waals surface area contributed by atoms with Crippen LogP contribution in [0.5, 0.6) is 0 Å². The van der Waals surface area contributed by atoms with E-state index in [2.05, 4.69) is 65.3 Å². The highest BCUT2D eigenvalue weighted by molar-refractivity contribution is 9.10. The van der Waals surface area contributed by atoms with Crippen molar-refractivity contribution in [3.8, 4) is 0 Å². The Morgan fingerprint density at radius 3 is 2.81 bits per heavy atom. The van der Waals surface area contributed by atoms with Crippen LogP contribution in [0, 0.1) is 0 Å². The van der Waals surface area contributed by atoms with E-state index in [9.17, 15) is 0 Å². The molecule has 16 heavy (non-hydrogen) atoms. The summed E-state index contributed by atoms with van der Waals surface area (Å²) >= 11 is 3.54. The first kappa shape index (κ1) is 11.9. The van der Waals surface area contributed by atoms with E-state index < -0.39 is 0 Å². The van der Waals surface area contributed by atoms with Crippen molar-refractivity contribution in [2.24, 2.45) is 0 Å². The highest BCUT2D eigenvalue weighted by Crippen LogP contribution is 2.30. The summed E-state index contributed by atoms with van der Waals surface area (Å²) in [6, 6.07) is 9.30. The Kier molecular flexibility index (Phi) is 3.82. The predicted molar refractivity (Wildman–Crippen MR) is 73.4 cm³/mol. The quantitative estimate of drug-likeness (QED) is 0.793. The number of nitrogens with zero attached hydrogens (tertiary/aromatic N) is 1. The van der Waals surface area contributed by atoms with E-state index in [4.69, 9.17) is 0 Å². The summed E-state index contributed by atoms with van der Waals surface area (Å²) in [6.45, 7) is 0. The van der Waals surface area contributed by atoms with Crippen LogP contribution < -0.4 is 0 Å². The topological polar surface area (TPSA) is 3.24 Å². The van der Waals surface area contributed by atoms with Gasteiger partial charge in [-0.1, -0.05) is 34.1 Å². The molecule has 0 spiro atoms. The average Bonchev–Trinajstić information content (AvgIpc) is 2.29. The SMILES string of the molecule is CN(C)[C@@H]1CCC=C(c2cccc(Br)c2)C1. The van der Waals surface area contributed by atoms with Crippen LogP contribution in [0.2, 0.25) is 0 Å². The normalized spacial score (nSPS) is 21.0. The Bertz CT molecular complexity index is 395. The summed E-state index contributed by atoms with van der Waals surface area (Å²) in [5.74, 6) is 0. The van der Waals surface area contributed by atoms with Crippen LogP contribution in [0.25, 0.3) is 5.57 Å². The molecular formula is C14H18BrN. The molecule has 0 fully saturated rings.